The van der Waals surface area contributed by atoms with Gasteiger partial charge in [-0.15, -0.1) is 5.10 Å². The number of aromatic nitrogens is 4. The summed E-state index contributed by atoms with van der Waals surface area (Å²) in [5, 5.41) is 14.3. The number of H-pyrrole nitrogens is 1. The molecule has 3 aromatic rings. The first-order valence-electron chi connectivity index (χ1n) is 6.10. The predicted octanol–water partition coefficient (Wildman–Crippen LogP) is 2.24. The number of nitrogens with zero attached hydrogens (tertiary/aromatic N) is 3. The lowest BCUT2D eigenvalue weighted by atomic mass is 10.1. The lowest BCUT2D eigenvalue weighted by Gasteiger charge is -2.14. The zero-order chi connectivity index (χ0) is 14.1. The highest BCUT2D eigenvalue weighted by Crippen LogP contribution is 2.19. The maximum atomic E-state index is 11.5. The summed E-state index contributed by atoms with van der Waals surface area (Å²) in [6.45, 7) is 2.01. The van der Waals surface area contributed by atoms with E-state index >= 15 is 0 Å². The van der Waals surface area contributed by atoms with E-state index < -0.39 is 0 Å². The average Bonchev–Trinajstić information content (AvgIpc) is 2.81. The van der Waals surface area contributed by atoms with Gasteiger partial charge in [-0.05, 0) is 36.8 Å². The molecule has 0 aliphatic rings. The van der Waals surface area contributed by atoms with Gasteiger partial charge in [-0.3, -0.25) is 0 Å². The normalized spacial score (nSPS) is 12.5. The van der Waals surface area contributed by atoms with Crippen molar-refractivity contribution in [2.45, 2.75) is 13.0 Å². The number of benzene rings is 1. The molecule has 1 atom stereocenters. The molecule has 0 spiro atoms. The second-order valence-electron chi connectivity index (χ2n) is 4.43. The molecule has 0 saturated carbocycles. The minimum absolute atomic E-state index is 0.0415. The maximum absolute atomic E-state index is 11.5. The fourth-order valence-electron chi connectivity index (χ4n) is 1.94. The van der Waals surface area contributed by atoms with Crippen molar-refractivity contribution in [3.63, 3.8) is 0 Å². The van der Waals surface area contributed by atoms with Crippen LogP contribution in [0.25, 0.3) is 5.65 Å². The van der Waals surface area contributed by atoms with Crippen molar-refractivity contribution in [2.75, 3.05) is 5.32 Å². The molecule has 0 aliphatic carbocycles. The number of hydrogen-bond donors (Lipinski definition) is 2. The van der Waals surface area contributed by atoms with E-state index in [1.54, 1.807) is 12.1 Å². The fraction of sp³-hybridized carbons (Fsp3) is 0.154. The third kappa shape index (κ3) is 2.37. The molecule has 1 aromatic carbocycles. The lowest BCUT2D eigenvalue weighted by Crippen LogP contribution is -2.15. The first kappa shape index (κ1) is 12.7. The van der Waals surface area contributed by atoms with Gasteiger partial charge in [-0.1, -0.05) is 23.7 Å². The highest BCUT2D eigenvalue weighted by Gasteiger charge is 2.08. The summed E-state index contributed by atoms with van der Waals surface area (Å²) in [6.07, 6.45) is 0. The highest BCUT2D eigenvalue weighted by molar-refractivity contribution is 6.30. The Hall–Kier alpha value is -2.34. The SMILES string of the molecule is CC(Nc1ccc2n[nH]c(=O)n2n1)c1ccc(Cl)cc1. The number of fused-ring (bicyclic) bond motifs is 1. The molecule has 2 aromatic heterocycles. The zero-order valence-corrected chi connectivity index (χ0v) is 11.4. The van der Waals surface area contributed by atoms with E-state index in [1.165, 1.54) is 4.52 Å². The number of halogens is 1. The van der Waals surface area contributed by atoms with Crippen LogP contribution in [0.1, 0.15) is 18.5 Å². The van der Waals surface area contributed by atoms with Crippen molar-refractivity contribution in [2.24, 2.45) is 0 Å². The summed E-state index contributed by atoms with van der Waals surface area (Å²) < 4.78 is 1.22. The van der Waals surface area contributed by atoms with Crippen molar-refractivity contribution in [3.05, 3.63) is 57.5 Å². The molecule has 2 heterocycles. The molecule has 2 N–H and O–H groups in total. The Morgan fingerprint density at radius 3 is 2.75 bits per heavy atom. The third-order valence-electron chi connectivity index (χ3n) is 3.01. The lowest BCUT2D eigenvalue weighted by molar-refractivity contribution is 0.830. The topological polar surface area (TPSA) is 75.1 Å². The van der Waals surface area contributed by atoms with E-state index in [9.17, 15) is 4.79 Å². The minimum Gasteiger partial charge on any atom is -0.362 e. The first-order valence-corrected chi connectivity index (χ1v) is 6.48. The Morgan fingerprint density at radius 2 is 2.00 bits per heavy atom. The highest BCUT2D eigenvalue weighted by atomic mass is 35.5. The molecule has 0 saturated heterocycles. The molecule has 20 heavy (non-hydrogen) atoms. The van der Waals surface area contributed by atoms with Gasteiger partial charge in [-0.2, -0.15) is 9.61 Å². The van der Waals surface area contributed by atoms with E-state index in [0.29, 0.717) is 16.5 Å². The van der Waals surface area contributed by atoms with Crippen LogP contribution >= 0.6 is 11.6 Å². The van der Waals surface area contributed by atoms with Gasteiger partial charge in [-0.25, -0.2) is 9.89 Å². The van der Waals surface area contributed by atoms with Crippen LogP contribution < -0.4 is 11.0 Å². The van der Waals surface area contributed by atoms with E-state index in [4.69, 9.17) is 11.6 Å². The number of aromatic amines is 1. The van der Waals surface area contributed by atoms with Crippen LogP contribution in [-0.2, 0) is 0 Å². The van der Waals surface area contributed by atoms with Gasteiger partial charge in [0.1, 0.15) is 5.82 Å². The molecule has 0 fully saturated rings. The largest absolute Gasteiger partial charge is 0.364 e. The molecule has 6 nitrogen and oxygen atoms in total. The minimum atomic E-state index is -0.359. The van der Waals surface area contributed by atoms with Crippen LogP contribution in [0.3, 0.4) is 0 Å². The van der Waals surface area contributed by atoms with E-state index in [1.807, 2.05) is 31.2 Å². The molecular formula is C13H12ClN5O. The molecule has 7 heteroatoms. The fourth-order valence-corrected chi connectivity index (χ4v) is 2.06. The van der Waals surface area contributed by atoms with Crippen LogP contribution in [0.15, 0.2) is 41.2 Å². The first-order chi connectivity index (χ1) is 9.63. The molecule has 0 amide bonds. The molecule has 102 valence electrons. The Morgan fingerprint density at radius 1 is 1.25 bits per heavy atom. The van der Waals surface area contributed by atoms with Crippen molar-refractivity contribution in [1.29, 1.82) is 0 Å². The Bertz CT molecular complexity index is 792. The Labute approximate surface area is 119 Å². The zero-order valence-electron chi connectivity index (χ0n) is 10.7. The van der Waals surface area contributed by atoms with Crippen LogP contribution in [0.4, 0.5) is 5.82 Å². The van der Waals surface area contributed by atoms with Crippen LogP contribution in [-0.4, -0.2) is 19.8 Å². The second kappa shape index (κ2) is 4.97. The van der Waals surface area contributed by atoms with Crippen molar-refractivity contribution >= 4 is 23.1 Å². The maximum Gasteiger partial charge on any atom is 0.364 e. The smallest absolute Gasteiger partial charge is 0.362 e. The molecule has 0 bridgehead atoms. The van der Waals surface area contributed by atoms with Gasteiger partial charge in [0.15, 0.2) is 5.65 Å². The summed E-state index contributed by atoms with van der Waals surface area (Å²) >= 11 is 5.87. The monoisotopic (exact) mass is 289 g/mol. The summed E-state index contributed by atoms with van der Waals surface area (Å²) in [5.74, 6) is 0.600. The Kier molecular flexibility index (Phi) is 3.15. The molecule has 0 radical (unpaired) electrons. The van der Waals surface area contributed by atoms with Crippen LogP contribution in [0.5, 0.6) is 0 Å². The second-order valence-corrected chi connectivity index (χ2v) is 4.87. The van der Waals surface area contributed by atoms with Crippen molar-refractivity contribution in [1.82, 2.24) is 19.8 Å². The predicted molar refractivity (Wildman–Crippen MR) is 77.1 cm³/mol. The number of nitrogens with one attached hydrogen (secondary N) is 2. The molecular weight excluding hydrogens is 278 g/mol. The summed E-state index contributed by atoms with van der Waals surface area (Å²) in [6, 6.07) is 11.1. The van der Waals surface area contributed by atoms with Crippen molar-refractivity contribution < 1.29 is 0 Å². The number of anilines is 1. The van der Waals surface area contributed by atoms with Crippen LogP contribution in [0, 0.1) is 0 Å². The molecule has 1 unspecified atom stereocenters. The van der Waals surface area contributed by atoms with Gasteiger partial charge < -0.3 is 5.32 Å². The quantitative estimate of drug-likeness (QED) is 0.775. The van der Waals surface area contributed by atoms with E-state index in [-0.39, 0.29) is 11.7 Å². The van der Waals surface area contributed by atoms with E-state index in [0.717, 1.165) is 5.56 Å². The molecule has 3 rings (SSSR count). The van der Waals surface area contributed by atoms with Crippen LogP contribution in [0.2, 0.25) is 5.02 Å². The van der Waals surface area contributed by atoms with E-state index in [2.05, 4.69) is 20.6 Å². The summed E-state index contributed by atoms with van der Waals surface area (Å²) in [4.78, 5) is 11.5. The third-order valence-corrected chi connectivity index (χ3v) is 3.26. The number of hydrogen-bond acceptors (Lipinski definition) is 4. The molecule has 0 aliphatic heterocycles. The van der Waals surface area contributed by atoms with Gasteiger partial charge in [0.05, 0.1) is 0 Å². The van der Waals surface area contributed by atoms with Gasteiger partial charge in [0.2, 0.25) is 0 Å². The average molecular weight is 290 g/mol. The van der Waals surface area contributed by atoms with Gasteiger partial charge in [0, 0.05) is 11.1 Å². The summed E-state index contributed by atoms with van der Waals surface area (Å²) in [5.41, 5.74) is 1.21. The van der Waals surface area contributed by atoms with Crippen molar-refractivity contribution in [3.8, 4) is 0 Å². The van der Waals surface area contributed by atoms with Gasteiger partial charge >= 0.3 is 5.69 Å². The standard InChI is InChI=1S/C13H12ClN5O/c1-8(9-2-4-10(14)5-3-9)15-11-6-7-12-16-17-13(20)19(12)18-11/h2-8H,1H3,(H,15,18)(H,17,20). The van der Waals surface area contributed by atoms with Gasteiger partial charge in [0.25, 0.3) is 0 Å². The Balaban J connectivity index is 1.86. The number of rotatable bonds is 3. The summed E-state index contributed by atoms with van der Waals surface area (Å²) in [7, 11) is 0.